The van der Waals surface area contributed by atoms with E-state index in [1.165, 1.54) is 24.3 Å². The first-order chi connectivity index (χ1) is 6.85. The molecular weight excluding hydrogens is 242 g/mol. The number of benzene rings is 1. The summed E-state index contributed by atoms with van der Waals surface area (Å²) in [4.78, 5) is 10.3. The van der Waals surface area contributed by atoms with Crippen molar-refractivity contribution >= 4 is 33.1 Å². The van der Waals surface area contributed by atoms with Crippen LogP contribution in [0.15, 0.2) is 29.2 Å². The Kier molecular flexibility index (Phi) is 3.21. The van der Waals surface area contributed by atoms with Crippen LogP contribution in [0.3, 0.4) is 0 Å². The molecule has 1 aromatic rings. The van der Waals surface area contributed by atoms with Crippen molar-refractivity contribution in [1.82, 2.24) is 0 Å². The maximum atomic E-state index is 11.5. The summed E-state index contributed by atoms with van der Waals surface area (Å²) in [5.74, 6) is -1.60. The van der Waals surface area contributed by atoms with Gasteiger partial charge in [0.05, 0.1) is 4.90 Å². The van der Waals surface area contributed by atoms with Gasteiger partial charge in [0.2, 0.25) is 14.5 Å². The zero-order chi connectivity index (χ0) is 11.6. The maximum absolute atomic E-state index is 11.5. The minimum atomic E-state index is -4.04. The van der Waals surface area contributed by atoms with Crippen molar-refractivity contribution in [3.8, 4) is 0 Å². The van der Waals surface area contributed by atoms with Crippen molar-refractivity contribution in [2.75, 3.05) is 5.73 Å². The lowest BCUT2D eigenvalue weighted by Crippen LogP contribution is -2.24. The van der Waals surface area contributed by atoms with Crippen molar-refractivity contribution in [3.05, 3.63) is 24.3 Å². The Morgan fingerprint density at radius 1 is 1.33 bits per heavy atom. The van der Waals surface area contributed by atoms with E-state index in [1.807, 2.05) is 0 Å². The number of nitrogens with two attached hydrogens (primary N) is 1. The standard InChI is InChI=1S/C8H8ClNO4S/c9-7(8(11)12)15(13,14)6-3-1-5(10)2-4-6/h1-4,7H,10H2,(H,11,12). The molecule has 0 radical (unpaired) electrons. The summed E-state index contributed by atoms with van der Waals surface area (Å²) < 4.78 is 21.1. The molecule has 1 atom stereocenters. The van der Waals surface area contributed by atoms with E-state index in [0.717, 1.165) is 0 Å². The molecule has 1 aromatic carbocycles. The number of carboxylic acid groups (broad SMARTS) is 1. The third-order valence-electron chi connectivity index (χ3n) is 1.68. The summed E-state index contributed by atoms with van der Waals surface area (Å²) in [5.41, 5.74) is 5.75. The average Bonchev–Trinajstić information content (AvgIpc) is 2.17. The second-order valence-electron chi connectivity index (χ2n) is 2.77. The topological polar surface area (TPSA) is 97.5 Å². The van der Waals surface area contributed by atoms with Crippen LogP contribution < -0.4 is 5.73 Å². The molecule has 0 bridgehead atoms. The van der Waals surface area contributed by atoms with Crippen LogP contribution in [-0.2, 0) is 14.6 Å². The summed E-state index contributed by atoms with van der Waals surface area (Å²) in [6.07, 6.45) is 0. The predicted molar refractivity (Wildman–Crippen MR) is 55.3 cm³/mol. The monoisotopic (exact) mass is 249 g/mol. The fourth-order valence-corrected chi connectivity index (χ4v) is 2.24. The molecule has 82 valence electrons. The minimum Gasteiger partial charge on any atom is -0.479 e. The molecule has 0 aromatic heterocycles. The molecule has 0 spiro atoms. The fourth-order valence-electron chi connectivity index (χ4n) is 0.910. The van der Waals surface area contributed by atoms with Gasteiger partial charge in [-0.15, -0.1) is 0 Å². The van der Waals surface area contributed by atoms with Gasteiger partial charge in [0.15, 0.2) is 0 Å². The molecule has 0 amide bonds. The summed E-state index contributed by atoms with van der Waals surface area (Å²) in [6.45, 7) is 0. The number of nitrogen functional groups attached to an aromatic ring is 1. The molecule has 0 heterocycles. The molecule has 5 nitrogen and oxygen atoms in total. The second-order valence-corrected chi connectivity index (χ2v) is 5.50. The molecule has 1 unspecified atom stereocenters. The summed E-state index contributed by atoms with van der Waals surface area (Å²) >= 11 is 5.26. The first-order valence-electron chi connectivity index (χ1n) is 3.82. The Bertz CT molecular complexity index is 468. The Hall–Kier alpha value is -1.27. The van der Waals surface area contributed by atoms with Gasteiger partial charge in [0.25, 0.3) is 0 Å². The van der Waals surface area contributed by atoms with E-state index in [9.17, 15) is 13.2 Å². The number of halogens is 1. The number of alkyl halides is 1. The Morgan fingerprint density at radius 3 is 2.20 bits per heavy atom. The lowest BCUT2D eigenvalue weighted by molar-refractivity contribution is -0.134. The van der Waals surface area contributed by atoms with E-state index in [4.69, 9.17) is 22.4 Å². The van der Waals surface area contributed by atoms with Gasteiger partial charge in [-0.05, 0) is 24.3 Å². The van der Waals surface area contributed by atoms with E-state index < -0.39 is 20.5 Å². The summed E-state index contributed by atoms with van der Waals surface area (Å²) in [6, 6.07) is 5.14. The highest BCUT2D eigenvalue weighted by atomic mass is 35.5. The third kappa shape index (κ3) is 2.40. The first-order valence-corrected chi connectivity index (χ1v) is 5.80. The first kappa shape index (κ1) is 11.8. The van der Waals surface area contributed by atoms with Crippen LogP contribution in [0.1, 0.15) is 0 Å². The molecule has 0 saturated heterocycles. The van der Waals surface area contributed by atoms with Crippen LogP contribution in [0.5, 0.6) is 0 Å². The van der Waals surface area contributed by atoms with Gasteiger partial charge in [-0.1, -0.05) is 11.6 Å². The molecule has 3 N–H and O–H groups in total. The van der Waals surface area contributed by atoms with Crippen LogP contribution in [0, 0.1) is 0 Å². The molecule has 0 saturated carbocycles. The lowest BCUT2D eigenvalue weighted by atomic mass is 10.3. The van der Waals surface area contributed by atoms with E-state index >= 15 is 0 Å². The van der Waals surface area contributed by atoms with Gasteiger partial charge in [0, 0.05) is 5.69 Å². The normalized spacial score (nSPS) is 13.4. The second kappa shape index (κ2) is 4.08. The average molecular weight is 250 g/mol. The van der Waals surface area contributed by atoms with Crippen LogP contribution in [0.4, 0.5) is 5.69 Å². The molecule has 7 heteroatoms. The number of hydrogen-bond acceptors (Lipinski definition) is 4. The number of rotatable bonds is 3. The minimum absolute atomic E-state index is 0.167. The molecule has 1 rings (SSSR count). The van der Waals surface area contributed by atoms with Crippen LogP contribution in [0.25, 0.3) is 0 Å². The lowest BCUT2D eigenvalue weighted by Gasteiger charge is -2.06. The van der Waals surface area contributed by atoms with E-state index in [0.29, 0.717) is 5.69 Å². The number of carbonyl (C=O) groups is 1. The number of carboxylic acids is 1. The highest BCUT2D eigenvalue weighted by molar-refractivity contribution is 7.94. The SMILES string of the molecule is Nc1ccc(S(=O)(=O)C(Cl)C(=O)O)cc1. The smallest absolute Gasteiger partial charge is 0.337 e. The maximum Gasteiger partial charge on any atom is 0.337 e. The highest BCUT2D eigenvalue weighted by Gasteiger charge is 2.31. The Balaban J connectivity index is 3.17. The largest absolute Gasteiger partial charge is 0.479 e. The molecule has 0 aliphatic rings. The molecule has 15 heavy (non-hydrogen) atoms. The van der Waals surface area contributed by atoms with Crippen LogP contribution in [-0.4, -0.2) is 24.2 Å². The molecule has 0 aliphatic heterocycles. The Labute approximate surface area is 91.4 Å². The van der Waals surface area contributed by atoms with Gasteiger partial charge in [-0.25, -0.2) is 13.2 Å². The Morgan fingerprint density at radius 2 is 1.80 bits per heavy atom. The van der Waals surface area contributed by atoms with Crippen molar-refractivity contribution in [2.45, 2.75) is 9.60 Å². The summed E-state index contributed by atoms with van der Waals surface area (Å²) in [7, 11) is -4.04. The van der Waals surface area contributed by atoms with E-state index in [-0.39, 0.29) is 4.90 Å². The third-order valence-corrected chi connectivity index (χ3v) is 4.24. The molecule has 0 aliphatic carbocycles. The highest BCUT2D eigenvalue weighted by Crippen LogP contribution is 2.20. The molecular formula is C8H8ClNO4S. The van der Waals surface area contributed by atoms with Crippen molar-refractivity contribution in [1.29, 1.82) is 0 Å². The van der Waals surface area contributed by atoms with Crippen molar-refractivity contribution < 1.29 is 18.3 Å². The van der Waals surface area contributed by atoms with E-state index in [2.05, 4.69) is 0 Å². The van der Waals surface area contributed by atoms with Gasteiger partial charge >= 0.3 is 5.97 Å². The quantitative estimate of drug-likeness (QED) is 0.607. The number of hydrogen-bond donors (Lipinski definition) is 2. The van der Waals surface area contributed by atoms with Gasteiger partial charge < -0.3 is 10.8 Å². The zero-order valence-corrected chi connectivity index (χ0v) is 8.99. The number of aliphatic carboxylic acids is 1. The fraction of sp³-hybridized carbons (Fsp3) is 0.125. The summed E-state index contributed by atoms with van der Waals surface area (Å²) in [5, 5.41) is 8.50. The van der Waals surface area contributed by atoms with Gasteiger partial charge in [0.1, 0.15) is 0 Å². The number of sulfone groups is 1. The van der Waals surface area contributed by atoms with Gasteiger partial charge in [-0.3, -0.25) is 0 Å². The predicted octanol–water partition coefficient (Wildman–Crippen LogP) is 0.692. The van der Waals surface area contributed by atoms with Crippen molar-refractivity contribution in [2.24, 2.45) is 0 Å². The number of anilines is 1. The van der Waals surface area contributed by atoms with Crippen LogP contribution >= 0.6 is 11.6 Å². The molecule has 0 fully saturated rings. The van der Waals surface area contributed by atoms with E-state index in [1.54, 1.807) is 0 Å². The van der Waals surface area contributed by atoms with Crippen LogP contribution in [0.2, 0.25) is 0 Å². The zero-order valence-electron chi connectivity index (χ0n) is 7.42. The van der Waals surface area contributed by atoms with Crippen molar-refractivity contribution in [3.63, 3.8) is 0 Å². The van der Waals surface area contributed by atoms with Gasteiger partial charge in [-0.2, -0.15) is 0 Å².